The molecule has 0 aliphatic heterocycles. The number of rotatable bonds is 1. The van der Waals surface area contributed by atoms with Crippen LogP contribution in [0.3, 0.4) is 0 Å². The van der Waals surface area contributed by atoms with E-state index in [1.807, 2.05) is 5.51 Å². The summed E-state index contributed by atoms with van der Waals surface area (Å²) in [5, 5.41) is 0. The van der Waals surface area contributed by atoms with Crippen molar-refractivity contribution in [2.45, 2.75) is 4.90 Å². The molecule has 0 radical (unpaired) electrons. The van der Waals surface area contributed by atoms with Crippen LogP contribution >= 0.6 is 23.1 Å². The van der Waals surface area contributed by atoms with Gasteiger partial charge in [0.2, 0.25) is 0 Å². The van der Waals surface area contributed by atoms with E-state index in [0.29, 0.717) is 0 Å². The second-order valence-corrected chi connectivity index (χ2v) is 3.95. The lowest BCUT2D eigenvalue weighted by Gasteiger charge is -1.93. The second kappa shape index (κ2) is 2.83. The summed E-state index contributed by atoms with van der Waals surface area (Å²) in [7, 11) is 0. The summed E-state index contributed by atoms with van der Waals surface area (Å²) in [4.78, 5) is 5.51. The van der Waals surface area contributed by atoms with Crippen LogP contribution in [0.5, 0.6) is 0 Å². The molecule has 0 bridgehead atoms. The minimum Gasteiger partial charge on any atom is -0.245 e. The van der Waals surface area contributed by atoms with Gasteiger partial charge in [-0.15, -0.1) is 23.1 Å². The van der Waals surface area contributed by atoms with E-state index in [9.17, 15) is 0 Å². The molecule has 0 spiro atoms. The standard InChI is InChI=1S/C8H7NS2/c1-10-6-2-3-7-8(4-6)11-5-9-7/h2-5H,1H3. The molecule has 0 fully saturated rings. The molecule has 0 aliphatic rings. The van der Waals surface area contributed by atoms with Gasteiger partial charge >= 0.3 is 0 Å². The summed E-state index contributed by atoms with van der Waals surface area (Å²) in [6.45, 7) is 0. The number of aromatic nitrogens is 1. The summed E-state index contributed by atoms with van der Waals surface area (Å²) in [6.07, 6.45) is 2.09. The maximum atomic E-state index is 4.20. The highest BCUT2D eigenvalue weighted by molar-refractivity contribution is 7.98. The Morgan fingerprint density at radius 1 is 1.45 bits per heavy atom. The van der Waals surface area contributed by atoms with Crippen LogP contribution < -0.4 is 0 Å². The predicted molar refractivity (Wildman–Crippen MR) is 51.4 cm³/mol. The third-order valence-corrected chi connectivity index (χ3v) is 3.06. The van der Waals surface area contributed by atoms with E-state index < -0.39 is 0 Å². The van der Waals surface area contributed by atoms with Crippen molar-refractivity contribution < 1.29 is 0 Å². The molecule has 1 aromatic heterocycles. The van der Waals surface area contributed by atoms with E-state index in [0.717, 1.165) is 5.52 Å². The van der Waals surface area contributed by atoms with Crippen molar-refractivity contribution in [1.82, 2.24) is 4.98 Å². The Bertz CT molecular complexity index is 367. The van der Waals surface area contributed by atoms with Crippen molar-refractivity contribution in [2.24, 2.45) is 0 Å². The highest BCUT2D eigenvalue weighted by atomic mass is 32.2. The number of thiazole rings is 1. The van der Waals surface area contributed by atoms with Gasteiger partial charge in [0.1, 0.15) is 0 Å². The maximum absolute atomic E-state index is 4.20. The Balaban J connectivity index is 2.67. The normalized spacial score (nSPS) is 10.6. The summed E-state index contributed by atoms with van der Waals surface area (Å²) in [5.41, 5.74) is 2.99. The number of hydrogen-bond acceptors (Lipinski definition) is 3. The number of hydrogen-bond donors (Lipinski definition) is 0. The van der Waals surface area contributed by atoms with E-state index >= 15 is 0 Å². The van der Waals surface area contributed by atoms with Crippen LogP contribution in [-0.2, 0) is 0 Å². The first-order valence-corrected chi connectivity index (χ1v) is 5.38. The molecule has 0 saturated carbocycles. The van der Waals surface area contributed by atoms with Crippen molar-refractivity contribution in [2.75, 3.05) is 6.26 Å². The highest BCUT2D eigenvalue weighted by Gasteiger charge is 1.96. The summed E-state index contributed by atoms with van der Waals surface area (Å²) >= 11 is 3.46. The average Bonchev–Trinajstić information content (AvgIpc) is 2.50. The molecule has 3 heteroatoms. The predicted octanol–water partition coefficient (Wildman–Crippen LogP) is 3.02. The van der Waals surface area contributed by atoms with Crippen molar-refractivity contribution in [1.29, 1.82) is 0 Å². The number of nitrogens with zero attached hydrogens (tertiary/aromatic N) is 1. The molecule has 2 aromatic rings. The largest absolute Gasteiger partial charge is 0.245 e. The van der Waals surface area contributed by atoms with Crippen molar-refractivity contribution in [3.63, 3.8) is 0 Å². The Morgan fingerprint density at radius 3 is 3.18 bits per heavy atom. The Kier molecular flexibility index (Phi) is 1.84. The van der Waals surface area contributed by atoms with Crippen molar-refractivity contribution in [3.05, 3.63) is 23.7 Å². The van der Waals surface area contributed by atoms with Crippen molar-refractivity contribution >= 4 is 33.3 Å². The third kappa shape index (κ3) is 1.26. The van der Waals surface area contributed by atoms with Gasteiger partial charge in [0.05, 0.1) is 15.7 Å². The van der Waals surface area contributed by atoms with Crippen LogP contribution in [0.4, 0.5) is 0 Å². The Morgan fingerprint density at radius 2 is 2.36 bits per heavy atom. The smallest absolute Gasteiger partial charge is 0.0812 e. The lowest BCUT2D eigenvalue weighted by atomic mass is 10.3. The van der Waals surface area contributed by atoms with Gasteiger partial charge in [0.25, 0.3) is 0 Å². The highest BCUT2D eigenvalue weighted by Crippen LogP contribution is 2.23. The molecule has 1 nitrogen and oxygen atoms in total. The molecule has 2 rings (SSSR count). The van der Waals surface area contributed by atoms with E-state index in [1.165, 1.54) is 9.60 Å². The quantitative estimate of drug-likeness (QED) is 0.627. The fourth-order valence-electron chi connectivity index (χ4n) is 0.962. The molecule has 0 atom stereocenters. The molecular formula is C8H7NS2. The van der Waals surface area contributed by atoms with Gasteiger partial charge in [0.15, 0.2) is 0 Å². The summed E-state index contributed by atoms with van der Waals surface area (Å²) in [6, 6.07) is 6.35. The van der Waals surface area contributed by atoms with Gasteiger partial charge in [-0.05, 0) is 24.5 Å². The first-order chi connectivity index (χ1) is 5.40. The number of fused-ring (bicyclic) bond motifs is 1. The van der Waals surface area contributed by atoms with Gasteiger partial charge in [-0.25, -0.2) is 4.98 Å². The van der Waals surface area contributed by atoms with Crippen LogP contribution in [0.25, 0.3) is 10.2 Å². The molecule has 1 heterocycles. The van der Waals surface area contributed by atoms with Crippen LogP contribution in [-0.4, -0.2) is 11.2 Å². The third-order valence-electron chi connectivity index (χ3n) is 1.54. The van der Waals surface area contributed by atoms with Crippen molar-refractivity contribution in [3.8, 4) is 0 Å². The minimum atomic E-state index is 1.10. The average molecular weight is 181 g/mol. The number of thioether (sulfide) groups is 1. The minimum absolute atomic E-state index is 1.10. The molecule has 0 N–H and O–H groups in total. The summed E-state index contributed by atoms with van der Waals surface area (Å²) < 4.78 is 1.27. The molecule has 0 amide bonds. The zero-order valence-electron chi connectivity index (χ0n) is 6.07. The summed E-state index contributed by atoms with van der Waals surface area (Å²) in [5.74, 6) is 0. The zero-order chi connectivity index (χ0) is 7.68. The molecule has 11 heavy (non-hydrogen) atoms. The molecular weight excluding hydrogens is 174 g/mol. The van der Waals surface area contributed by atoms with Crippen LogP contribution in [0, 0.1) is 0 Å². The van der Waals surface area contributed by atoms with Gasteiger partial charge in [0, 0.05) is 4.90 Å². The first kappa shape index (κ1) is 7.13. The SMILES string of the molecule is CSc1ccc2ncsc2c1. The zero-order valence-corrected chi connectivity index (χ0v) is 7.71. The molecule has 0 unspecified atom stereocenters. The van der Waals surface area contributed by atoms with Gasteiger partial charge in [-0.1, -0.05) is 0 Å². The fourth-order valence-corrected chi connectivity index (χ4v) is 2.19. The van der Waals surface area contributed by atoms with Crippen LogP contribution in [0.15, 0.2) is 28.6 Å². The number of benzene rings is 1. The lowest BCUT2D eigenvalue weighted by molar-refractivity contribution is 1.46. The van der Waals surface area contributed by atoms with Gasteiger partial charge in [-0.2, -0.15) is 0 Å². The van der Waals surface area contributed by atoms with Gasteiger partial charge in [-0.3, -0.25) is 0 Å². The fraction of sp³-hybridized carbons (Fsp3) is 0.125. The first-order valence-electron chi connectivity index (χ1n) is 3.27. The lowest BCUT2D eigenvalue weighted by Crippen LogP contribution is -1.68. The maximum Gasteiger partial charge on any atom is 0.0812 e. The second-order valence-electron chi connectivity index (χ2n) is 2.19. The van der Waals surface area contributed by atoms with E-state index in [2.05, 4.69) is 29.4 Å². The molecule has 0 saturated heterocycles. The van der Waals surface area contributed by atoms with E-state index in [4.69, 9.17) is 0 Å². The van der Waals surface area contributed by atoms with E-state index in [1.54, 1.807) is 23.1 Å². The molecule has 0 aliphatic carbocycles. The monoisotopic (exact) mass is 181 g/mol. The van der Waals surface area contributed by atoms with Gasteiger partial charge < -0.3 is 0 Å². The van der Waals surface area contributed by atoms with Crippen LogP contribution in [0.1, 0.15) is 0 Å². The van der Waals surface area contributed by atoms with Crippen LogP contribution in [0.2, 0.25) is 0 Å². The van der Waals surface area contributed by atoms with E-state index in [-0.39, 0.29) is 0 Å². The Labute approximate surface area is 73.5 Å². The molecule has 56 valence electrons. The topological polar surface area (TPSA) is 12.9 Å². The molecule has 1 aromatic carbocycles. The Hall–Kier alpha value is -0.540.